The second kappa shape index (κ2) is 7.40. The Hall–Kier alpha value is -3.79. The molecule has 128 valence electrons. The van der Waals surface area contributed by atoms with E-state index in [-0.39, 0.29) is 11.4 Å². The van der Waals surface area contributed by atoms with Gasteiger partial charge in [-0.3, -0.25) is 4.98 Å². The summed E-state index contributed by atoms with van der Waals surface area (Å²) in [6.45, 7) is -0.643. The summed E-state index contributed by atoms with van der Waals surface area (Å²) >= 11 is 0. The van der Waals surface area contributed by atoms with Gasteiger partial charge in [0.05, 0.1) is 11.4 Å². The molecular formula is C19H12FN3O3. The zero-order valence-corrected chi connectivity index (χ0v) is 13.4. The van der Waals surface area contributed by atoms with Gasteiger partial charge in [0.1, 0.15) is 17.4 Å². The van der Waals surface area contributed by atoms with Crippen molar-refractivity contribution in [1.29, 1.82) is 5.26 Å². The third kappa shape index (κ3) is 3.65. The fourth-order valence-electron chi connectivity index (χ4n) is 2.37. The average Bonchev–Trinajstić information content (AvgIpc) is 2.67. The van der Waals surface area contributed by atoms with E-state index in [4.69, 9.17) is 9.84 Å². The van der Waals surface area contributed by atoms with Crippen molar-refractivity contribution in [2.24, 2.45) is 0 Å². The van der Waals surface area contributed by atoms with E-state index in [1.165, 1.54) is 24.3 Å². The molecule has 6 nitrogen and oxygen atoms in total. The number of aromatic nitrogens is 2. The van der Waals surface area contributed by atoms with Crippen LogP contribution in [0.25, 0.3) is 22.5 Å². The molecule has 0 spiro atoms. The highest BCUT2D eigenvalue weighted by molar-refractivity contribution is 5.77. The average molecular weight is 349 g/mol. The van der Waals surface area contributed by atoms with E-state index < -0.39 is 18.4 Å². The van der Waals surface area contributed by atoms with Gasteiger partial charge in [-0.2, -0.15) is 5.26 Å². The summed E-state index contributed by atoms with van der Waals surface area (Å²) in [6, 6.07) is 14.5. The molecule has 2 heterocycles. The molecule has 0 saturated heterocycles. The molecule has 2 aromatic heterocycles. The lowest BCUT2D eigenvalue weighted by molar-refractivity contribution is -0.139. The molecule has 0 unspecified atom stereocenters. The Morgan fingerprint density at radius 2 is 1.96 bits per heavy atom. The van der Waals surface area contributed by atoms with Crippen molar-refractivity contribution in [3.63, 3.8) is 0 Å². The first-order valence-electron chi connectivity index (χ1n) is 7.55. The van der Waals surface area contributed by atoms with Crippen molar-refractivity contribution in [3.8, 4) is 34.5 Å². The number of nitrogens with zero attached hydrogens (tertiary/aromatic N) is 3. The van der Waals surface area contributed by atoms with Crippen molar-refractivity contribution in [3.05, 3.63) is 66.1 Å². The van der Waals surface area contributed by atoms with Gasteiger partial charge in [-0.1, -0.05) is 18.2 Å². The van der Waals surface area contributed by atoms with Gasteiger partial charge in [0.15, 0.2) is 6.61 Å². The maximum absolute atomic E-state index is 13.2. The fourth-order valence-corrected chi connectivity index (χ4v) is 2.37. The smallest absolute Gasteiger partial charge is 0.341 e. The number of ether oxygens (including phenoxy) is 1. The third-order valence-electron chi connectivity index (χ3n) is 3.51. The fraction of sp³-hybridized carbons (Fsp3) is 0.0526. The van der Waals surface area contributed by atoms with Crippen LogP contribution in [-0.2, 0) is 4.79 Å². The lowest BCUT2D eigenvalue weighted by Gasteiger charge is -2.12. The second-order valence-electron chi connectivity index (χ2n) is 5.25. The van der Waals surface area contributed by atoms with E-state index >= 15 is 0 Å². The molecule has 3 rings (SSSR count). The quantitative estimate of drug-likeness (QED) is 0.759. The van der Waals surface area contributed by atoms with Crippen LogP contribution in [0.4, 0.5) is 4.39 Å². The summed E-state index contributed by atoms with van der Waals surface area (Å²) < 4.78 is 18.4. The number of hydrogen-bond acceptors (Lipinski definition) is 5. The van der Waals surface area contributed by atoms with Crippen LogP contribution in [0.2, 0.25) is 0 Å². The maximum atomic E-state index is 13.2. The minimum atomic E-state index is -1.19. The Labute approximate surface area is 148 Å². The van der Waals surface area contributed by atoms with E-state index in [2.05, 4.69) is 9.97 Å². The third-order valence-corrected chi connectivity index (χ3v) is 3.51. The molecular weight excluding hydrogens is 337 g/mol. The van der Waals surface area contributed by atoms with Crippen LogP contribution in [0, 0.1) is 17.1 Å². The summed E-state index contributed by atoms with van der Waals surface area (Å²) in [6.07, 6.45) is 1.59. The number of aliphatic carboxylic acids is 1. The van der Waals surface area contributed by atoms with Crippen molar-refractivity contribution in [2.45, 2.75) is 0 Å². The SMILES string of the molecule is N#Cc1c(-c2ccc(F)cc2)cc(-c2ccccn2)nc1OCC(=O)O. The minimum Gasteiger partial charge on any atom is -0.479 e. The number of hydrogen-bond donors (Lipinski definition) is 1. The van der Waals surface area contributed by atoms with Crippen LogP contribution in [0.15, 0.2) is 54.7 Å². The number of carboxylic acid groups (broad SMARTS) is 1. The number of carboxylic acids is 1. The van der Waals surface area contributed by atoms with Gasteiger partial charge in [0.25, 0.3) is 0 Å². The van der Waals surface area contributed by atoms with E-state index in [0.29, 0.717) is 22.5 Å². The lowest BCUT2D eigenvalue weighted by Crippen LogP contribution is -2.12. The number of carbonyl (C=O) groups is 1. The van der Waals surface area contributed by atoms with Crippen molar-refractivity contribution >= 4 is 5.97 Å². The highest BCUT2D eigenvalue weighted by Gasteiger charge is 2.18. The Kier molecular flexibility index (Phi) is 4.85. The van der Waals surface area contributed by atoms with Crippen LogP contribution in [0.5, 0.6) is 5.88 Å². The summed E-state index contributed by atoms with van der Waals surface area (Å²) in [7, 11) is 0. The molecule has 0 radical (unpaired) electrons. The topological polar surface area (TPSA) is 96.1 Å². The van der Waals surface area contributed by atoms with E-state index in [9.17, 15) is 14.4 Å². The van der Waals surface area contributed by atoms with Crippen molar-refractivity contribution in [2.75, 3.05) is 6.61 Å². The lowest BCUT2D eigenvalue weighted by atomic mass is 10.00. The number of halogens is 1. The molecule has 1 N–H and O–H groups in total. The van der Waals surface area contributed by atoms with Crippen LogP contribution in [0.3, 0.4) is 0 Å². The van der Waals surface area contributed by atoms with Crippen LogP contribution < -0.4 is 4.74 Å². The summed E-state index contributed by atoms with van der Waals surface area (Å²) in [5.74, 6) is -1.71. The van der Waals surface area contributed by atoms with Gasteiger partial charge in [-0.05, 0) is 35.9 Å². The Morgan fingerprint density at radius 3 is 2.58 bits per heavy atom. The molecule has 0 bridgehead atoms. The van der Waals surface area contributed by atoms with E-state index in [0.717, 1.165) is 0 Å². The highest BCUT2D eigenvalue weighted by Crippen LogP contribution is 2.33. The normalized spacial score (nSPS) is 10.2. The number of rotatable bonds is 5. The molecule has 0 saturated carbocycles. The predicted octanol–water partition coefficient (Wildman–Crippen LogP) is 3.28. The van der Waals surface area contributed by atoms with Crippen molar-refractivity contribution in [1.82, 2.24) is 9.97 Å². The van der Waals surface area contributed by atoms with Crippen LogP contribution >= 0.6 is 0 Å². The largest absolute Gasteiger partial charge is 0.479 e. The zero-order chi connectivity index (χ0) is 18.5. The molecule has 0 atom stereocenters. The first-order chi connectivity index (χ1) is 12.6. The molecule has 0 aliphatic rings. The van der Waals surface area contributed by atoms with Gasteiger partial charge in [-0.15, -0.1) is 0 Å². The number of benzene rings is 1. The minimum absolute atomic E-state index is 0.0672. The Bertz CT molecular complexity index is 983. The molecule has 0 aliphatic heterocycles. The van der Waals surface area contributed by atoms with Crippen LogP contribution in [-0.4, -0.2) is 27.7 Å². The second-order valence-corrected chi connectivity index (χ2v) is 5.25. The predicted molar refractivity (Wildman–Crippen MR) is 90.7 cm³/mol. The molecule has 26 heavy (non-hydrogen) atoms. The van der Waals surface area contributed by atoms with E-state index in [1.807, 2.05) is 6.07 Å². The van der Waals surface area contributed by atoms with Crippen LogP contribution in [0.1, 0.15) is 5.56 Å². The number of nitriles is 1. The first kappa shape index (κ1) is 17.0. The molecule has 0 fully saturated rings. The van der Waals surface area contributed by atoms with Gasteiger partial charge >= 0.3 is 5.97 Å². The summed E-state index contributed by atoms with van der Waals surface area (Å²) in [5, 5.41) is 18.4. The van der Waals surface area contributed by atoms with Gasteiger partial charge in [0, 0.05) is 11.8 Å². The first-order valence-corrected chi connectivity index (χ1v) is 7.55. The summed E-state index contributed by atoms with van der Waals surface area (Å²) in [4.78, 5) is 19.3. The molecule has 3 aromatic rings. The standard InChI is InChI=1S/C19H12FN3O3/c20-13-6-4-12(5-7-13)14-9-17(16-3-1-2-8-22-16)23-19(15(14)10-21)26-11-18(24)25/h1-9H,11H2,(H,24,25). The van der Waals surface area contributed by atoms with Crippen molar-refractivity contribution < 1.29 is 19.0 Å². The Morgan fingerprint density at radius 1 is 1.19 bits per heavy atom. The zero-order valence-electron chi connectivity index (χ0n) is 13.4. The molecule has 0 aliphatic carbocycles. The van der Waals surface area contributed by atoms with Gasteiger partial charge in [0.2, 0.25) is 5.88 Å². The summed E-state index contributed by atoms with van der Waals surface area (Å²) in [5.41, 5.74) is 2.02. The Balaban J connectivity index is 2.20. The van der Waals surface area contributed by atoms with Gasteiger partial charge < -0.3 is 9.84 Å². The molecule has 1 aromatic carbocycles. The number of pyridine rings is 2. The molecule has 7 heteroatoms. The maximum Gasteiger partial charge on any atom is 0.341 e. The monoisotopic (exact) mass is 349 g/mol. The van der Waals surface area contributed by atoms with E-state index in [1.54, 1.807) is 30.5 Å². The molecule has 0 amide bonds. The highest BCUT2D eigenvalue weighted by atomic mass is 19.1. The van der Waals surface area contributed by atoms with Gasteiger partial charge in [-0.25, -0.2) is 14.2 Å².